The molecule has 0 spiro atoms. The van der Waals surface area contributed by atoms with E-state index in [2.05, 4.69) is 24.1 Å². The minimum absolute atomic E-state index is 0.781. The first-order valence-corrected chi connectivity index (χ1v) is 9.58. The molecule has 0 bridgehead atoms. The third-order valence-corrected chi connectivity index (χ3v) is 5.48. The highest BCUT2D eigenvalue weighted by molar-refractivity contribution is 7.15. The lowest BCUT2D eigenvalue weighted by molar-refractivity contribution is 0.685. The molecule has 1 N–H and O–H groups in total. The first-order chi connectivity index (χ1) is 10.3. The average Bonchev–Trinajstić information content (AvgIpc) is 3.38. The van der Waals surface area contributed by atoms with Gasteiger partial charge < -0.3 is 10.2 Å². The van der Waals surface area contributed by atoms with Crippen LogP contribution in [0.25, 0.3) is 0 Å². The molecule has 1 aromatic rings. The average molecular weight is 308 g/mol. The molecular formula is C17H29N3S. The largest absolute Gasteiger partial charge is 0.348 e. The van der Waals surface area contributed by atoms with Gasteiger partial charge in [0.1, 0.15) is 0 Å². The number of hydrogen-bond donors (Lipinski definition) is 1. The molecule has 2 saturated carbocycles. The van der Waals surface area contributed by atoms with E-state index in [-0.39, 0.29) is 0 Å². The molecule has 21 heavy (non-hydrogen) atoms. The van der Waals surface area contributed by atoms with Crippen LogP contribution in [-0.4, -0.2) is 24.1 Å². The van der Waals surface area contributed by atoms with Gasteiger partial charge in [-0.3, -0.25) is 0 Å². The standard InChI is InChI=1S/C17H29N3S/c1-3-5-15-16(11-18-14-8-9-14)21-17(19-15)20(10-4-2)12-13-6-7-13/h13-14,18H,3-12H2,1-2H3. The van der Waals surface area contributed by atoms with Gasteiger partial charge >= 0.3 is 0 Å². The molecule has 0 amide bonds. The zero-order chi connectivity index (χ0) is 14.7. The summed E-state index contributed by atoms with van der Waals surface area (Å²) < 4.78 is 0. The molecule has 0 atom stereocenters. The number of hydrogen-bond acceptors (Lipinski definition) is 4. The maximum atomic E-state index is 5.00. The van der Waals surface area contributed by atoms with E-state index in [9.17, 15) is 0 Å². The van der Waals surface area contributed by atoms with Crippen LogP contribution in [-0.2, 0) is 13.0 Å². The van der Waals surface area contributed by atoms with Gasteiger partial charge in [-0.1, -0.05) is 20.3 Å². The normalized spacial score (nSPS) is 18.2. The Morgan fingerprint density at radius 1 is 1.19 bits per heavy atom. The van der Waals surface area contributed by atoms with E-state index in [4.69, 9.17) is 4.98 Å². The van der Waals surface area contributed by atoms with Crippen LogP contribution in [0.15, 0.2) is 0 Å². The van der Waals surface area contributed by atoms with Gasteiger partial charge in [0.2, 0.25) is 0 Å². The lowest BCUT2D eigenvalue weighted by atomic mass is 10.2. The summed E-state index contributed by atoms with van der Waals surface area (Å²) in [6.07, 6.45) is 9.09. The second-order valence-electron chi connectivity index (χ2n) is 6.66. The number of thiazole rings is 1. The summed E-state index contributed by atoms with van der Waals surface area (Å²) in [7, 11) is 0. The van der Waals surface area contributed by atoms with Crippen LogP contribution < -0.4 is 10.2 Å². The molecular weight excluding hydrogens is 278 g/mol. The van der Waals surface area contributed by atoms with Gasteiger partial charge in [-0.15, -0.1) is 11.3 Å². The summed E-state index contributed by atoms with van der Waals surface area (Å²) in [4.78, 5) is 9.03. The molecule has 3 nitrogen and oxygen atoms in total. The van der Waals surface area contributed by atoms with Crippen molar-refractivity contribution in [1.29, 1.82) is 0 Å². The Bertz CT molecular complexity index is 449. The van der Waals surface area contributed by atoms with Crippen LogP contribution in [0.4, 0.5) is 5.13 Å². The van der Waals surface area contributed by atoms with Crippen molar-refractivity contribution in [3.05, 3.63) is 10.6 Å². The number of nitrogens with zero attached hydrogens (tertiary/aromatic N) is 2. The summed E-state index contributed by atoms with van der Waals surface area (Å²) in [5.41, 5.74) is 1.35. The van der Waals surface area contributed by atoms with Crippen molar-refractivity contribution in [2.75, 3.05) is 18.0 Å². The molecule has 2 aliphatic rings. The zero-order valence-electron chi connectivity index (χ0n) is 13.5. The van der Waals surface area contributed by atoms with E-state index in [0.717, 1.165) is 31.5 Å². The van der Waals surface area contributed by atoms with Crippen molar-refractivity contribution in [2.24, 2.45) is 5.92 Å². The predicted octanol–water partition coefficient (Wildman–Crippen LogP) is 3.97. The van der Waals surface area contributed by atoms with Gasteiger partial charge in [0.15, 0.2) is 5.13 Å². The summed E-state index contributed by atoms with van der Waals surface area (Å²) in [6.45, 7) is 7.94. The maximum Gasteiger partial charge on any atom is 0.185 e. The van der Waals surface area contributed by atoms with Crippen LogP contribution in [0.3, 0.4) is 0 Å². The molecule has 0 saturated heterocycles. The quantitative estimate of drug-likeness (QED) is 0.709. The number of rotatable bonds is 10. The second kappa shape index (κ2) is 7.10. The third-order valence-electron chi connectivity index (χ3n) is 4.32. The Hall–Kier alpha value is -0.610. The number of nitrogens with one attached hydrogen (secondary N) is 1. The zero-order valence-corrected chi connectivity index (χ0v) is 14.3. The minimum atomic E-state index is 0.781. The minimum Gasteiger partial charge on any atom is -0.348 e. The van der Waals surface area contributed by atoms with Crippen LogP contribution in [0.5, 0.6) is 0 Å². The molecule has 2 aliphatic carbocycles. The predicted molar refractivity (Wildman–Crippen MR) is 91.2 cm³/mol. The smallest absolute Gasteiger partial charge is 0.185 e. The van der Waals surface area contributed by atoms with Gasteiger partial charge in [-0.25, -0.2) is 4.98 Å². The highest BCUT2D eigenvalue weighted by atomic mass is 32.1. The summed E-state index contributed by atoms with van der Waals surface area (Å²) in [5.74, 6) is 0.933. The van der Waals surface area contributed by atoms with Gasteiger partial charge in [-0.2, -0.15) is 0 Å². The first-order valence-electron chi connectivity index (χ1n) is 8.77. The van der Waals surface area contributed by atoms with Crippen LogP contribution in [0, 0.1) is 5.92 Å². The van der Waals surface area contributed by atoms with Crippen molar-refractivity contribution in [1.82, 2.24) is 10.3 Å². The van der Waals surface area contributed by atoms with Crippen LogP contribution in [0.1, 0.15) is 62.9 Å². The topological polar surface area (TPSA) is 28.2 Å². The van der Waals surface area contributed by atoms with E-state index in [1.807, 2.05) is 11.3 Å². The fourth-order valence-electron chi connectivity index (χ4n) is 2.75. The fraction of sp³-hybridized carbons (Fsp3) is 0.824. The van der Waals surface area contributed by atoms with Crippen LogP contribution in [0.2, 0.25) is 0 Å². The monoisotopic (exact) mass is 307 g/mol. The second-order valence-corrected chi connectivity index (χ2v) is 7.72. The Morgan fingerprint density at radius 3 is 2.62 bits per heavy atom. The van der Waals surface area contributed by atoms with Crippen molar-refractivity contribution in [2.45, 2.75) is 71.4 Å². The number of aromatic nitrogens is 1. The van der Waals surface area contributed by atoms with E-state index < -0.39 is 0 Å². The van der Waals surface area contributed by atoms with Gasteiger partial charge in [0.25, 0.3) is 0 Å². The Morgan fingerprint density at radius 2 is 2.00 bits per heavy atom. The Labute approximate surface area is 133 Å². The maximum absolute atomic E-state index is 5.00. The Kier molecular flexibility index (Phi) is 5.17. The molecule has 1 heterocycles. The number of anilines is 1. The summed E-state index contributed by atoms with van der Waals surface area (Å²) in [5, 5.41) is 4.94. The Balaban J connectivity index is 1.70. The molecule has 118 valence electrons. The molecule has 0 aromatic carbocycles. The van der Waals surface area contributed by atoms with E-state index in [1.165, 1.54) is 60.8 Å². The van der Waals surface area contributed by atoms with Crippen LogP contribution >= 0.6 is 11.3 Å². The fourth-order valence-corrected chi connectivity index (χ4v) is 3.84. The van der Waals surface area contributed by atoms with Gasteiger partial charge in [0, 0.05) is 30.6 Å². The molecule has 2 fully saturated rings. The van der Waals surface area contributed by atoms with E-state index in [0.29, 0.717) is 0 Å². The first kappa shape index (κ1) is 15.3. The molecule has 0 aliphatic heterocycles. The van der Waals surface area contributed by atoms with Crippen molar-refractivity contribution >= 4 is 16.5 Å². The third kappa shape index (κ3) is 4.43. The van der Waals surface area contributed by atoms with E-state index in [1.54, 1.807) is 0 Å². The van der Waals surface area contributed by atoms with Crippen molar-refractivity contribution < 1.29 is 0 Å². The molecule has 3 rings (SSSR count). The lowest BCUT2D eigenvalue weighted by Crippen LogP contribution is -2.26. The highest BCUT2D eigenvalue weighted by Crippen LogP contribution is 2.34. The highest BCUT2D eigenvalue weighted by Gasteiger charge is 2.26. The molecule has 0 radical (unpaired) electrons. The van der Waals surface area contributed by atoms with Crippen molar-refractivity contribution in [3.8, 4) is 0 Å². The van der Waals surface area contributed by atoms with E-state index >= 15 is 0 Å². The lowest BCUT2D eigenvalue weighted by Gasteiger charge is -2.20. The molecule has 1 aromatic heterocycles. The summed E-state index contributed by atoms with van der Waals surface area (Å²) >= 11 is 1.94. The van der Waals surface area contributed by atoms with Gasteiger partial charge in [-0.05, 0) is 44.4 Å². The number of aryl methyl sites for hydroxylation is 1. The molecule has 0 unspecified atom stereocenters. The van der Waals surface area contributed by atoms with Crippen molar-refractivity contribution in [3.63, 3.8) is 0 Å². The van der Waals surface area contributed by atoms with Gasteiger partial charge in [0.05, 0.1) is 5.69 Å². The SMILES string of the molecule is CCCc1nc(N(CCC)CC2CC2)sc1CNC1CC1. The summed E-state index contributed by atoms with van der Waals surface area (Å²) in [6, 6.07) is 0.781. The molecule has 4 heteroatoms.